The summed E-state index contributed by atoms with van der Waals surface area (Å²) in [4.78, 5) is 11.5. The molecule has 1 unspecified atom stereocenters. The molecule has 4 nitrogen and oxygen atoms in total. The summed E-state index contributed by atoms with van der Waals surface area (Å²) < 4.78 is 0. The van der Waals surface area contributed by atoms with Gasteiger partial charge in [0.25, 0.3) is 0 Å². The minimum atomic E-state index is -0.973. The summed E-state index contributed by atoms with van der Waals surface area (Å²) in [6, 6.07) is 3.13. The van der Waals surface area contributed by atoms with Gasteiger partial charge in [-0.1, -0.05) is 6.07 Å². The zero-order chi connectivity index (χ0) is 9.68. The summed E-state index contributed by atoms with van der Waals surface area (Å²) in [6.45, 7) is 0.978. The number of rotatable bonds is 5. The minimum Gasteiger partial charge on any atom is -0.480 e. The van der Waals surface area contributed by atoms with Gasteiger partial charge in [0.05, 0.1) is 0 Å². The molecule has 0 aromatic carbocycles. The van der Waals surface area contributed by atoms with Gasteiger partial charge in [-0.3, -0.25) is 4.79 Å². The fraction of sp³-hybridized carbons (Fsp3) is 0.375. The Morgan fingerprint density at radius 3 is 3.08 bits per heavy atom. The number of nitrogens with two attached hydrogens (primary N) is 1. The molecule has 72 valence electrons. The van der Waals surface area contributed by atoms with E-state index in [2.05, 4.69) is 5.32 Å². The van der Waals surface area contributed by atoms with E-state index >= 15 is 0 Å². The summed E-state index contributed by atoms with van der Waals surface area (Å²) >= 11 is 1.63. The molecule has 0 amide bonds. The second-order valence-electron chi connectivity index (χ2n) is 2.65. The molecule has 0 fully saturated rings. The van der Waals surface area contributed by atoms with Gasteiger partial charge in [-0.15, -0.1) is 11.3 Å². The average Bonchev–Trinajstić information content (AvgIpc) is 2.56. The van der Waals surface area contributed by atoms with Crippen LogP contribution in [0.3, 0.4) is 0 Å². The smallest absolute Gasteiger partial charge is 0.321 e. The topological polar surface area (TPSA) is 75.3 Å². The third kappa shape index (κ3) is 3.54. The molecule has 4 N–H and O–H groups in total. The second kappa shape index (κ2) is 4.96. The molecule has 0 spiro atoms. The number of nitrogens with one attached hydrogen (secondary N) is 1. The molecule has 0 aliphatic rings. The monoisotopic (exact) mass is 200 g/mol. The van der Waals surface area contributed by atoms with E-state index in [1.54, 1.807) is 11.3 Å². The molecule has 1 atom stereocenters. The molecule has 1 aromatic rings. The highest BCUT2D eigenvalue weighted by Gasteiger charge is 2.09. The van der Waals surface area contributed by atoms with Crippen LogP contribution in [0.2, 0.25) is 0 Å². The van der Waals surface area contributed by atoms with Gasteiger partial charge in [-0.05, 0) is 11.4 Å². The molecule has 0 radical (unpaired) electrons. The Kier molecular flexibility index (Phi) is 3.88. The maximum atomic E-state index is 10.3. The predicted molar refractivity (Wildman–Crippen MR) is 51.6 cm³/mol. The Morgan fingerprint density at radius 2 is 2.54 bits per heavy atom. The van der Waals surface area contributed by atoms with Crippen LogP contribution in [0.15, 0.2) is 17.5 Å². The molecule has 1 heterocycles. The average molecular weight is 200 g/mol. The van der Waals surface area contributed by atoms with Gasteiger partial charge in [0, 0.05) is 18.0 Å². The maximum absolute atomic E-state index is 10.3. The maximum Gasteiger partial charge on any atom is 0.321 e. The third-order valence-corrected chi connectivity index (χ3v) is 2.44. The molecule has 13 heavy (non-hydrogen) atoms. The van der Waals surface area contributed by atoms with Gasteiger partial charge in [-0.25, -0.2) is 0 Å². The van der Waals surface area contributed by atoms with Crippen LogP contribution in [0.25, 0.3) is 0 Å². The number of carbonyl (C=O) groups is 1. The molecule has 5 heteroatoms. The number of aliphatic carboxylic acids is 1. The normalized spacial score (nSPS) is 12.7. The highest BCUT2D eigenvalue weighted by molar-refractivity contribution is 7.09. The first-order valence-corrected chi connectivity index (χ1v) is 4.79. The van der Waals surface area contributed by atoms with E-state index in [1.165, 1.54) is 4.88 Å². The van der Waals surface area contributed by atoms with Gasteiger partial charge >= 0.3 is 5.97 Å². The van der Waals surface area contributed by atoms with E-state index in [9.17, 15) is 4.79 Å². The lowest BCUT2D eigenvalue weighted by Crippen LogP contribution is -2.39. The van der Waals surface area contributed by atoms with Gasteiger partial charge in [0.1, 0.15) is 6.04 Å². The van der Waals surface area contributed by atoms with Gasteiger partial charge in [0.2, 0.25) is 0 Å². The number of hydrogen-bond acceptors (Lipinski definition) is 4. The van der Waals surface area contributed by atoms with Crippen LogP contribution in [-0.2, 0) is 11.3 Å². The van der Waals surface area contributed by atoms with Crippen LogP contribution in [0.4, 0.5) is 0 Å². The van der Waals surface area contributed by atoms with Crippen molar-refractivity contribution in [1.29, 1.82) is 0 Å². The molecule has 0 saturated carbocycles. The highest BCUT2D eigenvalue weighted by Crippen LogP contribution is 2.06. The van der Waals surface area contributed by atoms with Crippen LogP contribution in [0, 0.1) is 0 Å². The van der Waals surface area contributed by atoms with E-state index in [-0.39, 0.29) is 0 Å². The van der Waals surface area contributed by atoms with E-state index in [1.807, 2.05) is 17.5 Å². The van der Waals surface area contributed by atoms with Crippen LogP contribution in [0.5, 0.6) is 0 Å². The Hall–Kier alpha value is -0.910. The largest absolute Gasteiger partial charge is 0.480 e. The minimum absolute atomic E-state index is 0.299. The van der Waals surface area contributed by atoms with Gasteiger partial charge in [0.15, 0.2) is 0 Å². The molecule has 1 aromatic heterocycles. The van der Waals surface area contributed by atoms with Crippen molar-refractivity contribution in [3.8, 4) is 0 Å². The Balaban J connectivity index is 2.18. The molecular weight excluding hydrogens is 188 g/mol. The van der Waals surface area contributed by atoms with Crippen molar-refractivity contribution < 1.29 is 9.90 Å². The van der Waals surface area contributed by atoms with Crippen molar-refractivity contribution in [2.24, 2.45) is 5.73 Å². The Bertz CT molecular complexity index is 261. The van der Waals surface area contributed by atoms with Crippen molar-refractivity contribution in [1.82, 2.24) is 5.32 Å². The van der Waals surface area contributed by atoms with Crippen LogP contribution in [0.1, 0.15) is 4.88 Å². The molecule has 0 saturated heterocycles. The molecule has 1 rings (SSSR count). The first-order valence-electron chi connectivity index (χ1n) is 3.91. The number of carboxylic acid groups (broad SMARTS) is 1. The van der Waals surface area contributed by atoms with Crippen molar-refractivity contribution in [2.75, 3.05) is 6.54 Å². The fourth-order valence-corrected chi connectivity index (χ4v) is 1.53. The Morgan fingerprint density at radius 1 is 1.77 bits per heavy atom. The molecule has 0 aliphatic heterocycles. The zero-order valence-corrected chi connectivity index (χ0v) is 7.88. The number of hydrogen-bond donors (Lipinski definition) is 3. The molecular formula is C8H12N2O2S. The quantitative estimate of drug-likeness (QED) is 0.637. The lowest BCUT2D eigenvalue weighted by atomic mass is 10.3. The number of thiophene rings is 1. The van der Waals surface area contributed by atoms with E-state index in [0.717, 1.165) is 0 Å². The molecule has 0 aliphatic carbocycles. The highest BCUT2D eigenvalue weighted by atomic mass is 32.1. The molecule has 0 bridgehead atoms. The lowest BCUT2D eigenvalue weighted by molar-refractivity contribution is -0.138. The van der Waals surface area contributed by atoms with E-state index in [0.29, 0.717) is 13.1 Å². The van der Waals surface area contributed by atoms with Crippen LogP contribution < -0.4 is 11.1 Å². The lowest BCUT2D eigenvalue weighted by Gasteiger charge is -2.06. The summed E-state index contributed by atoms with van der Waals surface area (Å²) in [6.07, 6.45) is 0. The first kappa shape index (κ1) is 10.2. The van der Waals surface area contributed by atoms with Crippen LogP contribution in [-0.4, -0.2) is 23.7 Å². The Labute approximate surface area is 80.4 Å². The van der Waals surface area contributed by atoms with Crippen molar-refractivity contribution >= 4 is 17.3 Å². The van der Waals surface area contributed by atoms with Gasteiger partial charge in [-0.2, -0.15) is 0 Å². The summed E-state index contributed by atoms with van der Waals surface area (Å²) in [5.41, 5.74) is 5.30. The van der Waals surface area contributed by atoms with E-state index < -0.39 is 12.0 Å². The SMILES string of the molecule is NC(CNCc1cccs1)C(=O)O. The van der Waals surface area contributed by atoms with E-state index in [4.69, 9.17) is 10.8 Å². The van der Waals surface area contributed by atoms with Crippen molar-refractivity contribution in [3.63, 3.8) is 0 Å². The fourth-order valence-electron chi connectivity index (χ4n) is 0.851. The third-order valence-electron chi connectivity index (χ3n) is 1.56. The summed E-state index contributed by atoms with van der Waals surface area (Å²) in [7, 11) is 0. The van der Waals surface area contributed by atoms with Crippen molar-refractivity contribution in [3.05, 3.63) is 22.4 Å². The first-order chi connectivity index (χ1) is 6.20. The van der Waals surface area contributed by atoms with Gasteiger partial charge < -0.3 is 16.2 Å². The van der Waals surface area contributed by atoms with Crippen molar-refractivity contribution in [2.45, 2.75) is 12.6 Å². The predicted octanol–water partition coefficient (Wildman–Crippen LogP) is 0.250. The standard InChI is InChI=1S/C8H12N2O2S/c9-7(8(11)12)5-10-4-6-2-1-3-13-6/h1-3,7,10H,4-5,9H2,(H,11,12). The summed E-state index contributed by atoms with van der Waals surface area (Å²) in [5.74, 6) is -0.973. The zero-order valence-electron chi connectivity index (χ0n) is 7.06. The number of carboxylic acids is 1. The summed E-state index contributed by atoms with van der Waals surface area (Å²) in [5, 5.41) is 13.4. The van der Waals surface area contributed by atoms with Crippen LogP contribution >= 0.6 is 11.3 Å². The second-order valence-corrected chi connectivity index (χ2v) is 3.69.